The maximum atomic E-state index is 12.1. The number of hydrogen-bond acceptors (Lipinski definition) is 4. The number of phenolic OH excluding ortho intramolecular Hbond substituents is 1. The molecule has 1 amide bonds. The molecule has 0 saturated heterocycles. The van der Waals surface area contributed by atoms with Crippen molar-refractivity contribution in [1.29, 1.82) is 0 Å². The Morgan fingerprint density at radius 1 is 1.09 bits per heavy atom. The van der Waals surface area contributed by atoms with Gasteiger partial charge >= 0.3 is 0 Å². The predicted octanol–water partition coefficient (Wildman–Crippen LogP) is 2.69. The number of aromatic hydroxyl groups is 1. The highest BCUT2D eigenvalue weighted by Gasteiger charge is 2.11. The lowest BCUT2D eigenvalue weighted by atomic mass is 10.1. The first-order valence-corrected chi connectivity index (χ1v) is 7.34. The summed E-state index contributed by atoms with van der Waals surface area (Å²) in [6.45, 7) is 2.32. The fourth-order valence-electron chi connectivity index (χ4n) is 2.29. The summed E-state index contributed by atoms with van der Waals surface area (Å²) < 4.78 is 10.4. The molecule has 2 N–H and O–H groups in total. The van der Waals surface area contributed by atoms with E-state index in [1.54, 1.807) is 32.4 Å². The fraction of sp³-hybridized carbons (Fsp3) is 0.278. The second-order valence-corrected chi connectivity index (χ2v) is 5.22. The minimum absolute atomic E-state index is 0.00591. The molecule has 2 aromatic carbocycles. The fourth-order valence-corrected chi connectivity index (χ4v) is 2.29. The minimum Gasteiger partial charge on any atom is -0.507 e. The number of rotatable bonds is 6. The van der Waals surface area contributed by atoms with Gasteiger partial charge in [-0.15, -0.1) is 0 Å². The van der Waals surface area contributed by atoms with Gasteiger partial charge in [0.05, 0.1) is 19.8 Å². The van der Waals surface area contributed by atoms with Crippen LogP contribution in [0.2, 0.25) is 0 Å². The van der Waals surface area contributed by atoms with E-state index in [1.165, 1.54) is 0 Å². The Morgan fingerprint density at radius 3 is 2.48 bits per heavy atom. The smallest absolute Gasteiger partial charge is 0.255 e. The molecular weight excluding hydrogens is 294 g/mol. The van der Waals surface area contributed by atoms with E-state index < -0.39 is 0 Å². The molecule has 0 unspecified atom stereocenters. The van der Waals surface area contributed by atoms with E-state index >= 15 is 0 Å². The molecule has 0 aromatic heterocycles. The van der Waals surface area contributed by atoms with Crippen molar-refractivity contribution in [3.63, 3.8) is 0 Å². The van der Waals surface area contributed by atoms with E-state index in [9.17, 15) is 9.90 Å². The Morgan fingerprint density at radius 2 is 1.83 bits per heavy atom. The Kier molecular flexibility index (Phi) is 5.46. The van der Waals surface area contributed by atoms with Crippen molar-refractivity contribution < 1.29 is 19.4 Å². The number of nitrogens with one attached hydrogen (secondary N) is 1. The van der Waals surface area contributed by atoms with E-state index in [0.717, 1.165) is 11.1 Å². The number of phenols is 1. The molecule has 0 heterocycles. The number of ether oxygens (including phenoxy) is 2. The summed E-state index contributed by atoms with van der Waals surface area (Å²) in [6, 6.07) is 10.6. The van der Waals surface area contributed by atoms with Gasteiger partial charge in [0.15, 0.2) is 11.5 Å². The summed E-state index contributed by atoms with van der Waals surface area (Å²) in [5.41, 5.74) is 2.21. The SMILES string of the molecule is COc1ccc(CCNC(=O)c2ccc(C)cc2O)cc1OC. The van der Waals surface area contributed by atoms with E-state index in [1.807, 2.05) is 25.1 Å². The van der Waals surface area contributed by atoms with Crippen molar-refractivity contribution in [2.24, 2.45) is 0 Å². The molecule has 2 aromatic rings. The summed E-state index contributed by atoms with van der Waals surface area (Å²) in [5, 5.41) is 12.6. The van der Waals surface area contributed by atoms with Crippen molar-refractivity contribution in [2.45, 2.75) is 13.3 Å². The lowest BCUT2D eigenvalue weighted by molar-refractivity contribution is 0.0951. The molecule has 0 aliphatic heterocycles. The molecule has 2 rings (SSSR count). The second-order valence-electron chi connectivity index (χ2n) is 5.22. The second kappa shape index (κ2) is 7.54. The van der Waals surface area contributed by atoms with Crippen LogP contribution in [0.4, 0.5) is 0 Å². The van der Waals surface area contributed by atoms with E-state index in [2.05, 4.69) is 5.32 Å². The van der Waals surface area contributed by atoms with Gasteiger partial charge in [0.25, 0.3) is 5.91 Å². The van der Waals surface area contributed by atoms with Crippen LogP contribution in [-0.4, -0.2) is 31.8 Å². The van der Waals surface area contributed by atoms with Gasteiger partial charge < -0.3 is 19.9 Å². The summed E-state index contributed by atoms with van der Waals surface area (Å²) >= 11 is 0. The van der Waals surface area contributed by atoms with E-state index in [-0.39, 0.29) is 17.2 Å². The maximum Gasteiger partial charge on any atom is 0.255 e. The van der Waals surface area contributed by atoms with Crippen LogP contribution in [0.5, 0.6) is 17.2 Å². The molecule has 0 atom stereocenters. The van der Waals surface area contributed by atoms with Crippen LogP contribution in [0.25, 0.3) is 0 Å². The molecule has 0 aliphatic rings. The number of benzene rings is 2. The predicted molar refractivity (Wildman–Crippen MR) is 88.4 cm³/mol. The molecule has 23 heavy (non-hydrogen) atoms. The molecule has 0 bridgehead atoms. The standard InChI is InChI=1S/C18H21NO4/c1-12-4-6-14(15(20)10-12)18(21)19-9-8-13-5-7-16(22-2)17(11-13)23-3/h4-7,10-11,20H,8-9H2,1-3H3,(H,19,21). The summed E-state index contributed by atoms with van der Waals surface area (Å²) in [4.78, 5) is 12.1. The van der Waals surface area contributed by atoms with Crippen LogP contribution in [0, 0.1) is 6.92 Å². The average Bonchev–Trinajstić information content (AvgIpc) is 2.54. The third kappa shape index (κ3) is 4.16. The maximum absolute atomic E-state index is 12.1. The summed E-state index contributed by atoms with van der Waals surface area (Å²) in [7, 11) is 3.18. The molecule has 5 heteroatoms. The number of carbonyl (C=O) groups excluding carboxylic acids is 1. The topological polar surface area (TPSA) is 67.8 Å². The number of hydrogen-bond donors (Lipinski definition) is 2. The quantitative estimate of drug-likeness (QED) is 0.860. The van der Waals surface area contributed by atoms with Crippen LogP contribution in [0.1, 0.15) is 21.5 Å². The van der Waals surface area contributed by atoms with Gasteiger partial charge in [-0.25, -0.2) is 0 Å². The summed E-state index contributed by atoms with van der Waals surface area (Å²) in [5.74, 6) is 1.04. The number of carbonyl (C=O) groups is 1. The molecule has 0 spiro atoms. The van der Waals surface area contributed by atoms with Crippen molar-refractivity contribution >= 4 is 5.91 Å². The monoisotopic (exact) mass is 315 g/mol. The van der Waals surface area contributed by atoms with Crippen LogP contribution in [-0.2, 0) is 6.42 Å². The van der Waals surface area contributed by atoms with Crippen molar-refractivity contribution in [1.82, 2.24) is 5.32 Å². The van der Waals surface area contributed by atoms with Gasteiger partial charge in [-0.3, -0.25) is 4.79 Å². The Bertz CT molecular complexity index is 697. The molecule has 122 valence electrons. The zero-order valence-electron chi connectivity index (χ0n) is 13.6. The highest BCUT2D eigenvalue weighted by molar-refractivity contribution is 5.96. The van der Waals surface area contributed by atoms with Gasteiger partial charge in [-0.1, -0.05) is 12.1 Å². The Balaban J connectivity index is 1.95. The molecule has 0 fully saturated rings. The number of methoxy groups -OCH3 is 2. The van der Waals surface area contributed by atoms with Gasteiger partial charge in [0.1, 0.15) is 5.75 Å². The molecule has 0 saturated carbocycles. The first kappa shape index (κ1) is 16.7. The van der Waals surface area contributed by atoms with Crippen LogP contribution in [0.15, 0.2) is 36.4 Å². The zero-order valence-corrected chi connectivity index (χ0v) is 13.6. The van der Waals surface area contributed by atoms with Gasteiger partial charge in [0.2, 0.25) is 0 Å². The minimum atomic E-state index is -0.289. The Labute approximate surface area is 135 Å². The Hall–Kier alpha value is -2.69. The third-order valence-electron chi connectivity index (χ3n) is 3.55. The van der Waals surface area contributed by atoms with Gasteiger partial charge in [-0.05, 0) is 48.7 Å². The highest BCUT2D eigenvalue weighted by atomic mass is 16.5. The normalized spacial score (nSPS) is 10.2. The highest BCUT2D eigenvalue weighted by Crippen LogP contribution is 2.27. The first-order chi connectivity index (χ1) is 11.0. The zero-order chi connectivity index (χ0) is 16.8. The molecule has 5 nitrogen and oxygen atoms in total. The van der Waals surface area contributed by atoms with E-state index in [0.29, 0.717) is 24.5 Å². The number of amides is 1. The van der Waals surface area contributed by atoms with Crippen LogP contribution >= 0.6 is 0 Å². The molecule has 0 aliphatic carbocycles. The largest absolute Gasteiger partial charge is 0.507 e. The van der Waals surface area contributed by atoms with Crippen LogP contribution < -0.4 is 14.8 Å². The molecule has 0 radical (unpaired) electrons. The van der Waals surface area contributed by atoms with Gasteiger partial charge in [-0.2, -0.15) is 0 Å². The van der Waals surface area contributed by atoms with Crippen molar-refractivity contribution in [2.75, 3.05) is 20.8 Å². The lowest BCUT2D eigenvalue weighted by Gasteiger charge is -2.10. The summed E-state index contributed by atoms with van der Waals surface area (Å²) in [6.07, 6.45) is 0.652. The number of aryl methyl sites for hydroxylation is 1. The van der Waals surface area contributed by atoms with Crippen molar-refractivity contribution in [3.05, 3.63) is 53.1 Å². The van der Waals surface area contributed by atoms with Gasteiger partial charge in [0, 0.05) is 6.54 Å². The first-order valence-electron chi connectivity index (χ1n) is 7.34. The third-order valence-corrected chi connectivity index (χ3v) is 3.55. The average molecular weight is 315 g/mol. The lowest BCUT2D eigenvalue weighted by Crippen LogP contribution is -2.25. The molecular formula is C18H21NO4. The van der Waals surface area contributed by atoms with Crippen molar-refractivity contribution in [3.8, 4) is 17.2 Å². The van der Waals surface area contributed by atoms with E-state index in [4.69, 9.17) is 9.47 Å². The van der Waals surface area contributed by atoms with Crippen LogP contribution in [0.3, 0.4) is 0 Å².